The van der Waals surface area contributed by atoms with Crippen LogP contribution in [0, 0.1) is 0 Å². The van der Waals surface area contributed by atoms with E-state index in [1.54, 1.807) is 6.33 Å². The summed E-state index contributed by atoms with van der Waals surface area (Å²) in [6, 6.07) is 6.08. The second-order valence-electron chi connectivity index (χ2n) is 5.80. The predicted octanol–water partition coefficient (Wildman–Crippen LogP) is 2.14. The molecule has 1 fully saturated rings. The van der Waals surface area contributed by atoms with Gasteiger partial charge in [0.2, 0.25) is 0 Å². The molecule has 6 nitrogen and oxygen atoms in total. The van der Waals surface area contributed by atoms with Crippen LogP contribution in [0.4, 0.5) is 11.6 Å². The van der Waals surface area contributed by atoms with Gasteiger partial charge in [0.15, 0.2) is 0 Å². The highest BCUT2D eigenvalue weighted by Gasteiger charge is 2.15. The molecule has 2 aromatic rings. The van der Waals surface area contributed by atoms with Crippen LogP contribution in [0.5, 0.6) is 0 Å². The molecule has 0 spiro atoms. The van der Waals surface area contributed by atoms with Crippen molar-refractivity contribution in [3.63, 3.8) is 0 Å². The van der Waals surface area contributed by atoms with Crippen molar-refractivity contribution in [1.82, 2.24) is 15.0 Å². The van der Waals surface area contributed by atoms with E-state index < -0.39 is 0 Å². The topological polar surface area (TPSA) is 63.2 Å². The van der Waals surface area contributed by atoms with Crippen LogP contribution in [-0.2, 0) is 11.2 Å². The van der Waals surface area contributed by atoms with Crippen molar-refractivity contribution < 1.29 is 4.74 Å². The molecule has 1 N–H and O–H groups in total. The third-order valence-electron chi connectivity index (χ3n) is 4.06. The minimum atomic E-state index is 0.304. The first kappa shape index (κ1) is 15.7. The molecule has 0 bridgehead atoms. The van der Waals surface area contributed by atoms with Crippen LogP contribution >= 0.6 is 0 Å². The van der Waals surface area contributed by atoms with E-state index in [2.05, 4.69) is 25.2 Å². The van der Waals surface area contributed by atoms with Crippen molar-refractivity contribution in [3.8, 4) is 0 Å². The molecular formula is C17H23N5O. The Kier molecular flexibility index (Phi) is 5.37. The molecule has 6 heteroatoms. The first-order chi connectivity index (χ1) is 11.3. The van der Waals surface area contributed by atoms with Gasteiger partial charge in [-0.3, -0.25) is 4.98 Å². The fraction of sp³-hybridized carbons (Fsp3) is 0.471. The second-order valence-corrected chi connectivity index (χ2v) is 5.80. The Balaban J connectivity index is 1.53. The Morgan fingerprint density at radius 1 is 1.30 bits per heavy atom. The Morgan fingerprint density at radius 3 is 2.96 bits per heavy atom. The van der Waals surface area contributed by atoms with Gasteiger partial charge in [-0.05, 0) is 37.0 Å². The molecule has 3 heterocycles. The second kappa shape index (κ2) is 7.87. The Morgan fingerprint density at radius 2 is 2.17 bits per heavy atom. The third-order valence-corrected chi connectivity index (χ3v) is 4.06. The van der Waals surface area contributed by atoms with Crippen LogP contribution in [0.3, 0.4) is 0 Å². The number of nitrogens with one attached hydrogen (secondary N) is 1. The van der Waals surface area contributed by atoms with E-state index >= 15 is 0 Å². The number of ether oxygens (including phenoxy) is 1. The van der Waals surface area contributed by atoms with E-state index in [0.29, 0.717) is 6.10 Å². The van der Waals surface area contributed by atoms with Crippen LogP contribution in [0.15, 0.2) is 36.9 Å². The van der Waals surface area contributed by atoms with Gasteiger partial charge < -0.3 is 15.0 Å². The number of pyridine rings is 1. The summed E-state index contributed by atoms with van der Waals surface area (Å²) in [7, 11) is 2.05. The zero-order valence-electron chi connectivity index (χ0n) is 13.5. The van der Waals surface area contributed by atoms with Crippen LogP contribution < -0.4 is 10.2 Å². The smallest absolute Gasteiger partial charge is 0.133 e. The minimum absolute atomic E-state index is 0.304. The van der Waals surface area contributed by atoms with E-state index in [0.717, 1.165) is 50.6 Å². The maximum Gasteiger partial charge on any atom is 0.133 e. The summed E-state index contributed by atoms with van der Waals surface area (Å²) in [5.74, 6) is 1.77. The van der Waals surface area contributed by atoms with Gasteiger partial charge in [0.1, 0.15) is 18.0 Å². The zero-order valence-corrected chi connectivity index (χ0v) is 13.5. The summed E-state index contributed by atoms with van der Waals surface area (Å²) < 4.78 is 5.62. The van der Waals surface area contributed by atoms with Crippen LogP contribution in [0.25, 0.3) is 0 Å². The number of anilines is 2. The number of aromatic nitrogens is 3. The van der Waals surface area contributed by atoms with E-state index in [9.17, 15) is 0 Å². The summed E-state index contributed by atoms with van der Waals surface area (Å²) in [5.41, 5.74) is 1.28. The highest BCUT2D eigenvalue weighted by Crippen LogP contribution is 2.16. The predicted molar refractivity (Wildman–Crippen MR) is 90.7 cm³/mol. The molecule has 1 aliphatic heterocycles. The highest BCUT2D eigenvalue weighted by atomic mass is 16.5. The number of hydrogen-bond acceptors (Lipinski definition) is 6. The number of likely N-dealkylation sites (N-methyl/N-ethyl adjacent to an activating group) is 1. The molecule has 1 saturated heterocycles. The molecule has 0 saturated carbocycles. The number of rotatable bonds is 7. The molecule has 23 heavy (non-hydrogen) atoms. The van der Waals surface area contributed by atoms with Gasteiger partial charge in [-0.25, -0.2) is 9.97 Å². The van der Waals surface area contributed by atoms with Gasteiger partial charge >= 0.3 is 0 Å². The molecule has 0 amide bonds. The lowest BCUT2D eigenvalue weighted by Crippen LogP contribution is -2.22. The molecule has 0 aliphatic carbocycles. The quantitative estimate of drug-likeness (QED) is 0.845. The fourth-order valence-corrected chi connectivity index (χ4v) is 2.64. The Labute approximate surface area is 136 Å². The first-order valence-electron chi connectivity index (χ1n) is 8.09. The highest BCUT2D eigenvalue weighted by molar-refractivity contribution is 5.48. The van der Waals surface area contributed by atoms with E-state index in [1.807, 2.05) is 37.6 Å². The SMILES string of the molecule is CN(CCc1ccncc1)c1cc(NCC2CCCO2)ncn1. The van der Waals surface area contributed by atoms with Crippen molar-refractivity contribution in [1.29, 1.82) is 0 Å². The molecule has 1 atom stereocenters. The van der Waals surface area contributed by atoms with E-state index in [4.69, 9.17) is 4.74 Å². The molecule has 0 radical (unpaired) electrons. The van der Waals surface area contributed by atoms with Gasteiger partial charge in [-0.15, -0.1) is 0 Å². The molecular weight excluding hydrogens is 290 g/mol. The van der Waals surface area contributed by atoms with Crippen molar-refractivity contribution in [2.45, 2.75) is 25.4 Å². The minimum Gasteiger partial charge on any atom is -0.376 e. The van der Waals surface area contributed by atoms with E-state index in [1.165, 1.54) is 5.56 Å². The summed E-state index contributed by atoms with van der Waals surface area (Å²) in [6.07, 6.45) is 8.80. The zero-order chi connectivity index (χ0) is 15.9. The fourth-order valence-electron chi connectivity index (χ4n) is 2.64. The molecule has 1 unspecified atom stereocenters. The van der Waals surface area contributed by atoms with Gasteiger partial charge in [-0.1, -0.05) is 0 Å². The van der Waals surface area contributed by atoms with Crippen LogP contribution in [-0.4, -0.2) is 47.8 Å². The third kappa shape index (κ3) is 4.63. The van der Waals surface area contributed by atoms with Crippen molar-refractivity contribution in [2.24, 2.45) is 0 Å². The molecule has 3 rings (SSSR count). The summed E-state index contributed by atoms with van der Waals surface area (Å²) in [6.45, 7) is 2.57. The maximum absolute atomic E-state index is 5.62. The molecule has 1 aliphatic rings. The summed E-state index contributed by atoms with van der Waals surface area (Å²) in [4.78, 5) is 14.8. The maximum atomic E-state index is 5.62. The normalized spacial score (nSPS) is 17.2. The van der Waals surface area contributed by atoms with Crippen molar-refractivity contribution in [2.75, 3.05) is 37.0 Å². The number of nitrogens with zero attached hydrogens (tertiary/aromatic N) is 4. The summed E-state index contributed by atoms with van der Waals surface area (Å²) >= 11 is 0. The molecule has 0 aromatic carbocycles. The lowest BCUT2D eigenvalue weighted by molar-refractivity contribution is 0.120. The van der Waals surface area contributed by atoms with Crippen molar-refractivity contribution >= 4 is 11.6 Å². The lowest BCUT2D eigenvalue weighted by Gasteiger charge is -2.19. The van der Waals surface area contributed by atoms with Gasteiger partial charge in [0, 0.05) is 45.2 Å². The largest absolute Gasteiger partial charge is 0.376 e. The van der Waals surface area contributed by atoms with Crippen LogP contribution in [0.1, 0.15) is 18.4 Å². The number of hydrogen-bond donors (Lipinski definition) is 1. The monoisotopic (exact) mass is 313 g/mol. The molecule has 2 aromatic heterocycles. The summed E-state index contributed by atoms with van der Waals surface area (Å²) in [5, 5.41) is 3.34. The van der Waals surface area contributed by atoms with Gasteiger partial charge in [0.25, 0.3) is 0 Å². The average Bonchev–Trinajstić information content (AvgIpc) is 3.12. The first-order valence-corrected chi connectivity index (χ1v) is 8.09. The Bertz CT molecular complexity index is 601. The van der Waals surface area contributed by atoms with Crippen LogP contribution in [0.2, 0.25) is 0 Å². The van der Waals surface area contributed by atoms with Crippen molar-refractivity contribution in [3.05, 3.63) is 42.5 Å². The Hall–Kier alpha value is -2.21. The van der Waals surface area contributed by atoms with Gasteiger partial charge in [-0.2, -0.15) is 0 Å². The standard InChI is InChI=1S/C17H23N5O/c1-22(9-6-14-4-7-18-8-5-14)17-11-16(20-13-21-17)19-12-15-3-2-10-23-15/h4-5,7-8,11,13,15H,2-3,6,9-10,12H2,1H3,(H,19,20,21). The molecule has 122 valence electrons. The average molecular weight is 313 g/mol. The van der Waals surface area contributed by atoms with E-state index in [-0.39, 0.29) is 0 Å². The van der Waals surface area contributed by atoms with Gasteiger partial charge in [0.05, 0.1) is 6.10 Å². The lowest BCUT2D eigenvalue weighted by atomic mass is 10.2.